The van der Waals surface area contributed by atoms with Crippen LogP contribution in [0.3, 0.4) is 0 Å². The fourth-order valence-electron chi connectivity index (χ4n) is 9.86. The minimum absolute atomic E-state index is 0. The van der Waals surface area contributed by atoms with Crippen molar-refractivity contribution in [2.24, 2.45) is 0 Å². The number of aryl methyl sites for hydroxylation is 1. The van der Waals surface area contributed by atoms with E-state index in [4.69, 9.17) is 14.1 Å². The Hall–Kier alpha value is -7.13. The van der Waals surface area contributed by atoms with Crippen molar-refractivity contribution < 1.29 is 33.0 Å². The first-order valence-electron chi connectivity index (χ1n) is 26.4. The second kappa shape index (κ2) is 19.7. The topological polar surface area (TPSA) is 50.9 Å². The van der Waals surface area contributed by atoms with Gasteiger partial charge in [0.2, 0.25) is 0 Å². The Morgan fingerprint density at radius 2 is 1.17 bits per heavy atom. The van der Waals surface area contributed by atoms with Gasteiger partial charge in [-0.15, -0.1) is 29.3 Å². The second-order valence-corrected chi connectivity index (χ2v) is 19.2. The van der Waals surface area contributed by atoms with Gasteiger partial charge in [0.1, 0.15) is 11.6 Å². The first-order valence-corrected chi connectivity index (χ1v) is 23.9. The molecule has 0 radical (unpaired) electrons. The minimum atomic E-state index is -2.19. The molecule has 1 aliphatic rings. The summed E-state index contributed by atoms with van der Waals surface area (Å²) in [6, 6.07) is 67.8. The Morgan fingerprint density at radius 3 is 1.83 bits per heavy atom. The second-order valence-electron chi connectivity index (χ2n) is 19.2. The smallest absolute Gasteiger partial charge is 0.148 e. The van der Waals surface area contributed by atoms with Crippen LogP contribution in [0.2, 0.25) is 0 Å². The molecule has 0 spiro atoms. The monoisotopic (exact) mass is 1090 g/mol. The molecule has 0 atom stereocenters. The number of para-hydroxylation sites is 1. The van der Waals surface area contributed by atoms with E-state index in [0.717, 1.165) is 83.6 Å². The molecule has 4 nitrogen and oxygen atoms in total. The number of imidazole rings is 1. The van der Waals surface area contributed by atoms with Crippen LogP contribution in [-0.2, 0) is 26.5 Å². The average molecular weight is 1100 g/mol. The molecular formula is C65H56N3OPt-. The SMILES string of the molecule is [2H]C([2H])([2H])c1ccc(-c2ccnc(-c3[c-]c(-c4cccc5c4nc(-c4cc(-c6ccccc6)cc(-c6ccccc6)c4O)n5-c4ccc(C5([2H])CCC([2H])(c6ccccc6)CC5)cc4)cc(C(C)(C)C)c3)c2)cc1.[Pt]. The number of pyridine rings is 1. The fourth-order valence-corrected chi connectivity index (χ4v) is 9.86. The minimum Gasteiger partial charge on any atom is -0.507 e. The molecule has 11 rings (SSSR count). The zero-order valence-electron chi connectivity index (χ0n) is 44.5. The van der Waals surface area contributed by atoms with E-state index < -0.39 is 18.6 Å². The van der Waals surface area contributed by atoms with Gasteiger partial charge in [-0.25, -0.2) is 4.98 Å². The number of rotatable bonds is 9. The van der Waals surface area contributed by atoms with Gasteiger partial charge in [0.15, 0.2) is 0 Å². The van der Waals surface area contributed by atoms with E-state index in [1.807, 2.05) is 121 Å². The summed E-state index contributed by atoms with van der Waals surface area (Å²) in [4.78, 5) is 10.4. The predicted octanol–water partition coefficient (Wildman–Crippen LogP) is 17.0. The van der Waals surface area contributed by atoms with Gasteiger partial charge in [0.05, 0.1) is 16.6 Å². The molecular weight excluding hydrogens is 1030 g/mol. The fraction of sp³-hybridized carbons (Fsp3) is 0.169. The standard InChI is InChI=1S/C65H56N3O.Pt/c1-43-23-25-49(26-24-43)51-35-36-66-60(42-51)54-37-53(38-55(39-54)65(2,3)4)57-21-14-22-61-62(57)67-64(59-41-52(45-17-10-6-11-18-45)40-58(63(59)69)50-19-12-7-13-20-50)68(61)56-33-31-48(32-34-56)47-29-27-46(28-30-47)44-15-8-5-9-16-44;/h5-26,31-36,38-42,46-47,69H,27-30H2,1-4H3;/q-1;/i1D3,46D,47D;. The van der Waals surface area contributed by atoms with Crippen LogP contribution in [-0.4, -0.2) is 19.6 Å². The molecule has 348 valence electrons. The van der Waals surface area contributed by atoms with Gasteiger partial charge in [-0.2, -0.15) is 0 Å². The molecule has 0 aliphatic heterocycles. The third-order valence-corrected chi connectivity index (χ3v) is 13.7. The molecule has 5 heteroatoms. The summed E-state index contributed by atoms with van der Waals surface area (Å²) < 4.78 is 44.9. The number of aromatic hydroxyl groups is 1. The molecule has 70 heavy (non-hydrogen) atoms. The van der Waals surface area contributed by atoms with Crippen LogP contribution >= 0.6 is 0 Å². The van der Waals surface area contributed by atoms with Crippen LogP contribution in [0.25, 0.3) is 83.9 Å². The molecule has 0 bridgehead atoms. The Kier molecular flexibility index (Phi) is 11.5. The van der Waals surface area contributed by atoms with E-state index in [2.05, 4.69) is 92.1 Å². The number of fused-ring (bicyclic) bond motifs is 1. The Morgan fingerprint density at radius 1 is 0.571 bits per heavy atom. The maximum Gasteiger partial charge on any atom is 0.148 e. The van der Waals surface area contributed by atoms with Crippen LogP contribution in [0.1, 0.15) is 87.4 Å². The van der Waals surface area contributed by atoms with E-state index in [9.17, 15) is 7.85 Å². The zero-order chi connectivity index (χ0) is 51.4. The third-order valence-electron chi connectivity index (χ3n) is 13.7. The number of phenolic OH excluding ortho intramolecular Hbond substituents is 1. The van der Waals surface area contributed by atoms with Crippen LogP contribution in [0.4, 0.5) is 0 Å². The normalized spacial score (nSPS) is 18.2. The summed E-state index contributed by atoms with van der Waals surface area (Å²) in [6.45, 7) is 4.38. The number of benzene rings is 8. The van der Waals surface area contributed by atoms with Crippen LogP contribution < -0.4 is 0 Å². The number of phenols is 1. The van der Waals surface area contributed by atoms with Gasteiger partial charge in [-0.1, -0.05) is 183 Å². The Labute approximate surface area is 434 Å². The summed E-state index contributed by atoms with van der Waals surface area (Å²) in [7, 11) is 0. The number of aromatic nitrogens is 3. The maximum absolute atomic E-state index is 12.6. The summed E-state index contributed by atoms with van der Waals surface area (Å²) in [5.74, 6) is -0.899. The van der Waals surface area contributed by atoms with Gasteiger partial charge in [0, 0.05) is 51.1 Å². The molecule has 0 unspecified atom stereocenters. The Bertz CT molecular complexity index is 3660. The van der Waals surface area contributed by atoms with Crippen molar-refractivity contribution in [1.29, 1.82) is 0 Å². The molecule has 2 aromatic heterocycles. The van der Waals surface area contributed by atoms with Crippen molar-refractivity contribution >= 4 is 11.0 Å². The maximum atomic E-state index is 12.6. The van der Waals surface area contributed by atoms with Gasteiger partial charge < -0.3 is 5.11 Å². The van der Waals surface area contributed by atoms with Crippen molar-refractivity contribution in [3.05, 3.63) is 229 Å². The van der Waals surface area contributed by atoms with E-state index >= 15 is 0 Å². The van der Waals surface area contributed by atoms with Crippen molar-refractivity contribution in [2.75, 3.05) is 0 Å². The first kappa shape index (κ1) is 40.7. The van der Waals surface area contributed by atoms with Crippen molar-refractivity contribution in [1.82, 2.24) is 14.5 Å². The molecule has 1 saturated carbocycles. The molecule has 10 aromatic rings. The Balaban J connectivity index is 0.00000641. The predicted molar refractivity (Wildman–Crippen MR) is 286 cm³/mol. The van der Waals surface area contributed by atoms with E-state index in [1.54, 1.807) is 18.3 Å². The van der Waals surface area contributed by atoms with Crippen molar-refractivity contribution in [2.45, 2.75) is 70.5 Å². The summed E-state index contributed by atoms with van der Waals surface area (Å²) in [6.07, 6.45) is 4.12. The third kappa shape index (κ3) is 9.34. The number of nitrogens with zero attached hydrogens (tertiary/aromatic N) is 3. The molecule has 0 amide bonds. The first-order chi connectivity index (χ1) is 35.5. The van der Waals surface area contributed by atoms with Gasteiger partial charge in [-0.3, -0.25) is 9.55 Å². The summed E-state index contributed by atoms with van der Waals surface area (Å²) in [5.41, 5.74) is 14.5. The molecule has 1 aliphatic carbocycles. The zero-order valence-corrected chi connectivity index (χ0v) is 41.8. The van der Waals surface area contributed by atoms with Gasteiger partial charge in [0.25, 0.3) is 0 Å². The van der Waals surface area contributed by atoms with Crippen molar-refractivity contribution in [3.63, 3.8) is 0 Å². The molecule has 1 fully saturated rings. The number of hydrogen-bond acceptors (Lipinski definition) is 3. The molecule has 0 saturated heterocycles. The van der Waals surface area contributed by atoms with Gasteiger partial charge in [-0.05, 0) is 125 Å². The molecule has 2 heterocycles. The quantitative estimate of drug-likeness (QED) is 0.147. The van der Waals surface area contributed by atoms with E-state index in [1.165, 1.54) is 0 Å². The van der Waals surface area contributed by atoms with Crippen LogP contribution in [0, 0.1) is 12.9 Å². The summed E-state index contributed by atoms with van der Waals surface area (Å²) >= 11 is 0. The molecule has 8 aromatic carbocycles. The summed E-state index contributed by atoms with van der Waals surface area (Å²) in [5, 5.41) is 12.6. The van der Waals surface area contributed by atoms with E-state index in [0.29, 0.717) is 48.2 Å². The average Bonchev–Trinajstić information content (AvgIpc) is 3.82. The van der Waals surface area contributed by atoms with Crippen LogP contribution in [0.15, 0.2) is 200 Å². The van der Waals surface area contributed by atoms with E-state index in [-0.39, 0.29) is 32.2 Å². The largest absolute Gasteiger partial charge is 0.507 e. The number of hydrogen-bond donors (Lipinski definition) is 1. The van der Waals surface area contributed by atoms with Crippen molar-refractivity contribution in [3.8, 4) is 78.6 Å². The molecule has 1 N–H and O–H groups in total. The van der Waals surface area contributed by atoms with Crippen LogP contribution in [0.5, 0.6) is 5.75 Å². The van der Waals surface area contributed by atoms with Gasteiger partial charge >= 0.3 is 0 Å².